The molecule has 5 aromatic carbocycles. The Kier molecular flexibility index (Phi) is 6.07. The largest absolute Gasteiger partial charge is 0.355 e. The molecule has 0 bridgehead atoms. The lowest BCUT2D eigenvalue weighted by atomic mass is 9.83. The third-order valence-corrected chi connectivity index (χ3v) is 7.50. The van der Waals surface area contributed by atoms with E-state index in [0.717, 1.165) is 5.69 Å². The molecular formula is C34H31N. The first-order valence-electron chi connectivity index (χ1n) is 12.9. The summed E-state index contributed by atoms with van der Waals surface area (Å²) in [6, 6.07) is 41.7. The van der Waals surface area contributed by atoms with Crippen LogP contribution in [0.5, 0.6) is 0 Å². The molecule has 1 heteroatoms. The molecule has 1 aliphatic carbocycles. The second-order valence-electron chi connectivity index (χ2n) is 9.67. The summed E-state index contributed by atoms with van der Waals surface area (Å²) in [4.78, 5) is 0. The van der Waals surface area contributed by atoms with E-state index in [1.54, 1.807) is 0 Å². The van der Waals surface area contributed by atoms with Gasteiger partial charge in [0, 0.05) is 16.9 Å². The maximum absolute atomic E-state index is 3.85. The molecule has 6 rings (SSSR count). The minimum Gasteiger partial charge on any atom is -0.355 e. The molecule has 5 aromatic rings. The fraction of sp³-hybridized carbons (Fsp3) is 0.176. The Hall–Kier alpha value is -3.84. The van der Waals surface area contributed by atoms with Gasteiger partial charge in [0.05, 0.1) is 0 Å². The summed E-state index contributed by atoms with van der Waals surface area (Å²) in [6.07, 6.45) is 6.66. The Bertz CT molecular complexity index is 1440. The summed E-state index contributed by atoms with van der Waals surface area (Å²) in [6.45, 7) is 0. The van der Waals surface area contributed by atoms with Crippen molar-refractivity contribution in [3.63, 3.8) is 0 Å². The Morgan fingerprint density at radius 3 is 1.86 bits per heavy atom. The van der Waals surface area contributed by atoms with Gasteiger partial charge < -0.3 is 5.32 Å². The molecule has 1 aliphatic rings. The Morgan fingerprint density at radius 1 is 0.457 bits per heavy atom. The van der Waals surface area contributed by atoms with E-state index in [1.165, 1.54) is 76.4 Å². The topological polar surface area (TPSA) is 12.0 Å². The zero-order valence-electron chi connectivity index (χ0n) is 20.1. The predicted molar refractivity (Wildman–Crippen MR) is 150 cm³/mol. The molecule has 0 atom stereocenters. The summed E-state index contributed by atoms with van der Waals surface area (Å²) in [7, 11) is 0. The highest BCUT2D eigenvalue weighted by Gasteiger charge is 2.19. The second-order valence-corrected chi connectivity index (χ2v) is 9.67. The SMILES string of the molecule is c1ccc(-c2ccc(-c3ccccc3Nc3ccccc3C3CCCCC3)c3ccccc23)cc1. The molecule has 0 radical (unpaired) electrons. The van der Waals surface area contributed by atoms with Crippen LogP contribution in [0.4, 0.5) is 11.4 Å². The van der Waals surface area contributed by atoms with Crippen molar-refractivity contribution in [3.8, 4) is 22.3 Å². The minimum atomic E-state index is 0.658. The molecular weight excluding hydrogens is 422 g/mol. The average molecular weight is 454 g/mol. The van der Waals surface area contributed by atoms with Crippen LogP contribution in [0.3, 0.4) is 0 Å². The van der Waals surface area contributed by atoms with Gasteiger partial charge in [-0.3, -0.25) is 0 Å². The van der Waals surface area contributed by atoms with Crippen molar-refractivity contribution >= 4 is 22.1 Å². The lowest BCUT2D eigenvalue weighted by molar-refractivity contribution is 0.444. The molecule has 0 unspecified atom stereocenters. The van der Waals surface area contributed by atoms with E-state index in [2.05, 4.69) is 121 Å². The zero-order chi connectivity index (χ0) is 23.5. The number of anilines is 2. The standard InChI is InChI=1S/C34H31N/c1-3-13-25(14-4-1)27-23-24-31(30-19-8-7-18-29(27)30)32-20-10-12-22-34(32)35-33-21-11-9-17-28(33)26-15-5-2-6-16-26/h1,3-4,7-14,17-24,26,35H,2,5-6,15-16H2. The van der Waals surface area contributed by atoms with Gasteiger partial charge in [0.1, 0.15) is 0 Å². The van der Waals surface area contributed by atoms with Crippen molar-refractivity contribution in [1.82, 2.24) is 0 Å². The van der Waals surface area contributed by atoms with Crippen LogP contribution in [0.15, 0.2) is 115 Å². The fourth-order valence-corrected chi connectivity index (χ4v) is 5.76. The summed E-state index contributed by atoms with van der Waals surface area (Å²) in [5.74, 6) is 0.658. The number of hydrogen-bond donors (Lipinski definition) is 1. The summed E-state index contributed by atoms with van der Waals surface area (Å²) in [5, 5.41) is 6.41. The van der Waals surface area contributed by atoms with Gasteiger partial charge in [-0.25, -0.2) is 0 Å². The quantitative estimate of drug-likeness (QED) is 0.279. The monoisotopic (exact) mass is 453 g/mol. The van der Waals surface area contributed by atoms with Crippen LogP contribution in [0.2, 0.25) is 0 Å². The van der Waals surface area contributed by atoms with Gasteiger partial charge in [0.15, 0.2) is 0 Å². The van der Waals surface area contributed by atoms with Gasteiger partial charge in [-0.1, -0.05) is 122 Å². The number of benzene rings is 5. The number of hydrogen-bond acceptors (Lipinski definition) is 1. The molecule has 0 saturated heterocycles. The highest BCUT2D eigenvalue weighted by Crippen LogP contribution is 2.41. The fourth-order valence-electron chi connectivity index (χ4n) is 5.76. The molecule has 0 aromatic heterocycles. The maximum Gasteiger partial charge on any atom is 0.0464 e. The molecule has 1 fully saturated rings. The number of fused-ring (bicyclic) bond motifs is 1. The Labute approximate surface area is 208 Å². The predicted octanol–water partition coefficient (Wildman–Crippen LogP) is 9.97. The number of rotatable bonds is 5. The van der Waals surface area contributed by atoms with E-state index in [4.69, 9.17) is 0 Å². The van der Waals surface area contributed by atoms with Crippen molar-refractivity contribution in [2.24, 2.45) is 0 Å². The van der Waals surface area contributed by atoms with E-state index in [1.807, 2.05) is 0 Å². The summed E-state index contributed by atoms with van der Waals surface area (Å²) in [5.41, 5.74) is 8.90. The molecule has 0 spiro atoms. The highest BCUT2D eigenvalue weighted by molar-refractivity contribution is 6.06. The van der Waals surface area contributed by atoms with E-state index < -0.39 is 0 Å². The molecule has 35 heavy (non-hydrogen) atoms. The molecule has 1 saturated carbocycles. The van der Waals surface area contributed by atoms with Crippen molar-refractivity contribution in [2.45, 2.75) is 38.0 Å². The molecule has 1 nitrogen and oxygen atoms in total. The number of para-hydroxylation sites is 2. The van der Waals surface area contributed by atoms with Gasteiger partial charge >= 0.3 is 0 Å². The van der Waals surface area contributed by atoms with Crippen LogP contribution in [0.1, 0.15) is 43.6 Å². The van der Waals surface area contributed by atoms with Crippen molar-refractivity contribution in [3.05, 3.63) is 121 Å². The molecule has 172 valence electrons. The van der Waals surface area contributed by atoms with E-state index >= 15 is 0 Å². The van der Waals surface area contributed by atoms with Crippen LogP contribution in [0, 0.1) is 0 Å². The molecule has 0 amide bonds. The summed E-state index contributed by atoms with van der Waals surface area (Å²) < 4.78 is 0. The molecule has 1 N–H and O–H groups in total. The Morgan fingerprint density at radius 2 is 1.06 bits per heavy atom. The van der Waals surface area contributed by atoms with Gasteiger partial charge in [0.2, 0.25) is 0 Å². The van der Waals surface area contributed by atoms with Gasteiger partial charge in [0.25, 0.3) is 0 Å². The summed E-state index contributed by atoms with van der Waals surface area (Å²) >= 11 is 0. The first-order valence-corrected chi connectivity index (χ1v) is 12.9. The van der Waals surface area contributed by atoms with Crippen molar-refractivity contribution in [1.29, 1.82) is 0 Å². The lowest BCUT2D eigenvalue weighted by Crippen LogP contribution is -2.07. The van der Waals surface area contributed by atoms with Crippen molar-refractivity contribution < 1.29 is 0 Å². The normalized spacial score (nSPS) is 14.2. The van der Waals surface area contributed by atoms with Crippen LogP contribution in [-0.4, -0.2) is 0 Å². The highest BCUT2D eigenvalue weighted by atomic mass is 14.9. The third-order valence-electron chi connectivity index (χ3n) is 7.50. The van der Waals surface area contributed by atoms with Crippen LogP contribution < -0.4 is 5.32 Å². The van der Waals surface area contributed by atoms with Gasteiger partial charge in [-0.05, 0) is 63.9 Å². The molecule has 0 aliphatic heterocycles. The smallest absolute Gasteiger partial charge is 0.0464 e. The average Bonchev–Trinajstić information content (AvgIpc) is 2.94. The third kappa shape index (κ3) is 4.35. The van der Waals surface area contributed by atoms with Crippen LogP contribution in [0.25, 0.3) is 33.0 Å². The lowest BCUT2D eigenvalue weighted by Gasteiger charge is -2.25. The van der Waals surface area contributed by atoms with Gasteiger partial charge in [-0.2, -0.15) is 0 Å². The van der Waals surface area contributed by atoms with E-state index in [9.17, 15) is 0 Å². The van der Waals surface area contributed by atoms with Crippen molar-refractivity contribution in [2.75, 3.05) is 5.32 Å². The maximum atomic E-state index is 3.85. The van der Waals surface area contributed by atoms with Gasteiger partial charge in [-0.15, -0.1) is 0 Å². The van der Waals surface area contributed by atoms with Crippen LogP contribution >= 0.6 is 0 Å². The first-order chi connectivity index (χ1) is 17.4. The molecule has 0 heterocycles. The van der Waals surface area contributed by atoms with E-state index in [-0.39, 0.29) is 0 Å². The number of nitrogens with one attached hydrogen (secondary N) is 1. The minimum absolute atomic E-state index is 0.658. The first kappa shape index (κ1) is 21.7. The Balaban J connectivity index is 1.44. The zero-order valence-corrected chi connectivity index (χ0v) is 20.1. The second kappa shape index (κ2) is 9.80. The van der Waals surface area contributed by atoms with Crippen LogP contribution in [-0.2, 0) is 0 Å². The van der Waals surface area contributed by atoms with E-state index in [0.29, 0.717) is 5.92 Å².